The predicted molar refractivity (Wildman–Crippen MR) is 64.0 cm³/mol. The van der Waals surface area contributed by atoms with Crippen molar-refractivity contribution in [2.45, 2.75) is 25.4 Å². The average molecular weight is 204 g/mol. The second-order valence-corrected chi connectivity index (χ2v) is 4.68. The molecule has 1 N–H and O–H groups in total. The van der Waals surface area contributed by atoms with Gasteiger partial charge in [-0.1, -0.05) is 30.3 Å². The Morgan fingerprint density at radius 3 is 2.67 bits per heavy atom. The van der Waals surface area contributed by atoms with E-state index in [4.69, 9.17) is 0 Å². The lowest BCUT2D eigenvalue weighted by molar-refractivity contribution is 0.199. The molecule has 0 aliphatic carbocycles. The fraction of sp³-hybridized carbons (Fsp3) is 0.538. The predicted octanol–water partition coefficient (Wildman–Crippen LogP) is 1.52. The molecule has 2 nitrogen and oxygen atoms in total. The SMILES string of the molecule is CC1CN(C)C[C@@H](Cc2ccccc2)N1. The standard InChI is InChI=1S/C13H20N2/c1-11-9-15(2)10-13(14-11)8-12-6-4-3-5-7-12/h3-7,11,13-14H,8-10H2,1-2H3/t11?,13-/m1/s1. The summed E-state index contributed by atoms with van der Waals surface area (Å²) in [4.78, 5) is 2.41. The summed E-state index contributed by atoms with van der Waals surface area (Å²) in [5.41, 5.74) is 1.43. The minimum Gasteiger partial charge on any atom is -0.309 e. The van der Waals surface area contributed by atoms with Crippen molar-refractivity contribution in [2.24, 2.45) is 0 Å². The molecule has 82 valence electrons. The summed E-state index contributed by atoms with van der Waals surface area (Å²) in [6, 6.07) is 11.9. The molecule has 1 saturated heterocycles. The lowest BCUT2D eigenvalue weighted by atomic mass is 10.0. The largest absolute Gasteiger partial charge is 0.309 e. The monoisotopic (exact) mass is 204 g/mol. The van der Waals surface area contributed by atoms with Crippen LogP contribution in [0.2, 0.25) is 0 Å². The fourth-order valence-corrected chi connectivity index (χ4v) is 2.45. The molecule has 0 aromatic heterocycles. The minimum atomic E-state index is 0.598. The number of nitrogens with zero attached hydrogens (tertiary/aromatic N) is 1. The van der Waals surface area contributed by atoms with Crippen molar-refractivity contribution in [2.75, 3.05) is 20.1 Å². The van der Waals surface area contributed by atoms with E-state index >= 15 is 0 Å². The molecular weight excluding hydrogens is 184 g/mol. The molecule has 2 atom stereocenters. The first-order chi connectivity index (χ1) is 7.24. The third-order valence-electron chi connectivity index (χ3n) is 2.96. The quantitative estimate of drug-likeness (QED) is 0.786. The van der Waals surface area contributed by atoms with Gasteiger partial charge in [-0.15, -0.1) is 0 Å². The first-order valence-electron chi connectivity index (χ1n) is 5.72. The molecule has 0 radical (unpaired) electrons. The zero-order valence-electron chi connectivity index (χ0n) is 9.61. The molecule has 0 saturated carbocycles. The summed E-state index contributed by atoms with van der Waals surface area (Å²) >= 11 is 0. The van der Waals surface area contributed by atoms with Crippen LogP contribution in [0.25, 0.3) is 0 Å². The number of hydrogen-bond donors (Lipinski definition) is 1. The Bertz CT molecular complexity index is 287. The zero-order valence-corrected chi connectivity index (χ0v) is 9.61. The second-order valence-electron chi connectivity index (χ2n) is 4.68. The molecule has 0 spiro atoms. The van der Waals surface area contributed by atoms with Crippen LogP contribution in [-0.4, -0.2) is 37.1 Å². The van der Waals surface area contributed by atoms with Crippen molar-refractivity contribution < 1.29 is 0 Å². The molecule has 1 aromatic carbocycles. The van der Waals surface area contributed by atoms with Crippen molar-refractivity contribution in [3.05, 3.63) is 35.9 Å². The van der Waals surface area contributed by atoms with E-state index < -0.39 is 0 Å². The smallest absolute Gasteiger partial charge is 0.0238 e. The highest BCUT2D eigenvalue weighted by Gasteiger charge is 2.21. The van der Waals surface area contributed by atoms with Gasteiger partial charge >= 0.3 is 0 Å². The fourth-order valence-electron chi connectivity index (χ4n) is 2.45. The van der Waals surface area contributed by atoms with Gasteiger partial charge < -0.3 is 10.2 Å². The Labute approximate surface area is 92.3 Å². The highest BCUT2D eigenvalue weighted by molar-refractivity contribution is 5.16. The van der Waals surface area contributed by atoms with Crippen molar-refractivity contribution >= 4 is 0 Å². The van der Waals surface area contributed by atoms with Gasteiger partial charge in [-0.25, -0.2) is 0 Å². The molecule has 1 aromatic rings. The normalized spacial score (nSPS) is 27.9. The van der Waals surface area contributed by atoms with E-state index in [1.54, 1.807) is 0 Å². The molecule has 1 aliphatic heterocycles. The first-order valence-corrected chi connectivity index (χ1v) is 5.72. The van der Waals surface area contributed by atoms with Crippen LogP contribution in [0.4, 0.5) is 0 Å². The lowest BCUT2D eigenvalue weighted by Crippen LogP contribution is -2.54. The van der Waals surface area contributed by atoms with Gasteiger partial charge in [-0.2, -0.15) is 0 Å². The van der Waals surface area contributed by atoms with Crippen molar-refractivity contribution in [3.63, 3.8) is 0 Å². The summed E-state index contributed by atoms with van der Waals surface area (Å²) < 4.78 is 0. The molecule has 2 rings (SSSR count). The van der Waals surface area contributed by atoms with E-state index in [0.29, 0.717) is 12.1 Å². The molecule has 2 heteroatoms. The first kappa shape index (κ1) is 10.7. The maximum absolute atomic E-state index is 3.65. The highest BCUT2D eigenvalue weighted by Crippen LogP contribution is 2.08. The Morgan fingerprint density at radius 1 is 1.27 bits per heavy atom. The molecule has 1 aliphatic rings. The average Bonchev–Trinajstić information content (AvgIpc) is 2.17. The number of hydrogen-bond acceptors (Lipinski definition) is 2. The molecule has 0 bridgehead atoms. The van der Waals surface area contributed by atoms with Gasteiger partial charge in [0.05, 0.1) is 0 Å². The number of benzene rings is 1. The van der Waals surface area contributed by atoms with Gasteiger partial charge in [-0.3, -0.25) is 0 Å². The minimum absolute atomic E-state index is 0.598. The van der Waals surface area contributed by atoms with Crippen LogP contribution in [0.1, 0.15) is 12.5 Å². The number of nitrogens with one attached hydrogen (secondary N) is 1. The van der Waals surface area contributed by atoms with Crippen LogP contribution in [-0.2, 0) is 6.42 Å². The molecule has 0 amide bonds. The van der Waals surface area contributed by atoms with E-state index in [0.717, 1.165) is 19.5 Å². The van der Waals surface area contributed by atoms with Gasteiger partial charge in [0.2, 0.25) is 0 Å². The number of rotatable bonds is 2. The summed E-state index contributed by atoms with van der Waals surface area (Å²) in [6.07, 6.45) is 1.13. The maximum atomic E-state index is 3.65. The summed E-state index contributed by atoms with van der Waals surface area (Å²) in [5.74, 6) is 0. The topological polar surface area (TPSA) is 15.3 Å². The van der Waals surface area contributed by atoms with Crippen LogP contribution in [0, 0.1) is 0 Å². The van der Waals surface area contributed by atoms with Gasteiger partial charge in [0, 0.05) is 25.2 Å². The molecule has 1 unspecified atom stereocenters. The number of piperazine rings is 1. The second kappa shape index (κ2) is 4.77. The van der Waals surface area contributed by atoms with E-state index in [1.807, 2.05) is 0 Å². The van der Waals surface area contributed by atoms with Gasteiger partial charge in [0.1, 0.15) is 0 Å². The summed E-state index contributed by atoms with van der Waals surface area (Å²) in [6.45, 7) is 4.57. The highest BCUT2D eigenvalue weighted by atomic mass is 15.2. The molecular formula is C13H20N2. The van der Waals surface area contributed by atoms with Crippen molar-refractivity contribution in [1.82, 2.24) is 10.2 Å². The van der Waals surface area contributed by atoms with Crippen LogP contribution in [0.5, 0.6) is 0 Å². The summed E-state index contributed by atoms with van der Waals surface area (Å²) in [7, 11) is 2.20. The van der Waals surface area contributed by atoms with Gasteiger partial charge in [-0.05, 0) is 26.0 Å². The maximum Gasteiger partial charge on any atom is 0.0238 e. The van der Waals surface area contributed by atoms with Crippen LogP contribution in [0.3, 0.4) is 0 Å². The third-order valence-corrected chi connectivity index (χ3v) is 2.96. The Balaban J connectivity index is 1.94. The van der Waals surface area contributed by atoms with E-state index in [1.165, 1.54) is 5.56 Å². The molecule has 15 heavy (non-hydrogen) atoms. The Kier molecular flexibility index (Phi) is 3.39. The van der Waals surface area contributed by atoms with Crippen LogP contribution >= 0.6 is 0 Å². The Hall–Kier alpha value is -0.860. The zero-order chi connectivity index (χ0) is 10.7. The Morgan fingerprint density at radius 2 is 2.00 bits per heavy atom. The van der Waals surface area contributed by atoms with Gasteiger partial charge in [0.15, 0.2) is 0 Å². The summed E-state index contributed by atoms with van der Waals surface area (Å²) in [5, 5.41) is 3.65. The number of likely N-dealkylation sites (N-methyl/N-ethyl adjacent to an activating group) is 1. The van der Waals surface area contributed by atoms with E-state index in [9.17, 15) is 0 Å². The van der Waals surface area contributed by atoms with E-state index in [-0.39, 0.29) is 0 Å². The molecule has 1 fully saturated rings. The van der Waals surface area contributed by atoms with E-state index in [2.05, 4.69) is 54.5 Å². The lowest BCUT2D eigenvalue weighted by Gasteiger charge is -2.35. The van der Waals surface area contributed by atoms with Crippen molar-refractivity contribution in [3.8, 4) is 0 Å². The van der Waals surface area contributed by atoms with Crippen LogP contribution < -0.4 is 5.32 Å². The van der Waals surface area contributed by atoms with Gasteiger partial charge in [0.25, 0.3) is 0 Å². The van der Waals surface area contributed by atoms with Crippen molar-refractivity contribution in [1.29, 1.82) is 0 Å². The third kappa shape index (κ3) is 3.05. The molecule has 1 heterocycles. The van der Waals surface area contributed by atoms with Crippen LogP contribution in [0.15, 0.2) is 30.3 Å².